The van der Waals surface area contributed by atoms with Crippen LogP contribution in [0.4, 0.5) is 0 Å². The molecule has 0 saturated carbocycles. The van der Waals surface area contributed by atoms with E-state index in [0.717, 1.165) is 4.20 Å². The van der Waals surface area contributed by atoms with Gasteiger partial charge in [-0.1, -0.05) is 46.8 Å². The van der Waals surface area contributed by atoms with Crippen molar-refractivity contribution in [1.82, 2.24) is 0 Å². The van der Waals surface area contributed by atoms with Crippen molar-refractivity contribution in [3.63, 3.8) is 0 Å². The maximum atomic E-state index is 5.10. The van der Waals surface area contributed by atoms with Crippen molar-refractivity contribution >= 4 is 28.2 Å². The lowest BCUT2D eigenvalue weighted by molar-refractivity contribution is 0.340. The first-order chi connectivity index (χ1) is 5.12. The zero-order valence-electron chi connectivity index (χ0n) is 9.02. The van der Waals surface area contributed by atoms with Gasteiger partial charge in [-0.05, 0) is 18.8 Å². The first-order valence-electron chi connectivity index (χ1n) is 4.32. The third-order valence-electron chi connectivity index (χ3n) is 1.38. The summed E-state index contributed by atoms with van der Waals surface area (Å²) in [4.78, 5) is 0. The lowest BCUT2D eigenvalue weighted by Gasteiger charge is -2.31. The molecule has 0 spiro atoms. The van der Waals surface area contributed by atoms with E-state index >= 15 is 0 Å². The molecule has 0 aromatic carbocycles. The van der Waals surface area contributed by atoms with E-state index in [0.29, 0.717) is 5.41 Å². The molecule has 0 nitrogen and oxygen atoms in total. The van der Waals surface area contributed by atoms with Crippen LogP contribution in [0.1, 0.15) is 48.0 Å². The monoisotopic (exact) mass is 204 g/mol. The van der Waals surface area contributed by atoms with Gasteiger partial charge in [-0.3, -0.25) is 0 Å². The standard InChI is InChI=1S/C10H20S2/c1-8(11)12-10(5,6)7-9(2,3)4/h7H2,1-6H3. The lowest BCUT2D eigenvalue weighted by Crippen LogP contribution is -2.24. The molecule has 0 aromatic rings. The van der Waals surface area contributed by atoms with Crippen LogP contribution < -0.4 is 0 Å². The van der Waals surface area contributed by atoms with Crippen LogP contribution in [0.2, 0.25) is 0 Å². The van der Waals surface area contributed by atoms with Crippen LogP contribution in [0, 0.1) is 5.41 Å². The molecule has 0 aromatic heterocycles. The van der Waals surface area contributed by atoms with Crippen LogP contribution in [0.15, 0.2) is 0 Å². The Morgan fingerprint density at radius 1 is 1.17 bits per heavy atom. The number of hydrogen-bond donors (Lipinski definition) is 0. The molecule has 0 atom stereocenters. The molecule has 0 aliphatic rings. The number of hydrogen-bond acceptors (Lipinski definition) is 2. The fraction of sp³-hybridized carbons (Fsp3) is 0.900. The highest BCUT2D eigenvalue weighted by molar-refractivity contribution is 8.23. The molecule has 0 aliphatic heterocycles. The molecule has 0 aliphatic carbocycles. The second-order valence-electron chi connectivity index (χ2n) is 5.09. The van der Waals surface area contributed by atoms with E-state index in [4.69, 9.17) is 12.2 Å². The Labute approximate surface area is 86.5 Å². The SMILES string of the molecule is CC(=S)SC(C)(C)CC(C)(C)C. The molecule has 0 heterocycles. The zero-order chi connectivity index (χ0) is 9.99. The molecule has 2 heteroatoms. The van der Waals surface area contributed by atoms with Gasteiger partial charge in [-0.25, -0.2) is 0 Å². The predicted molar refractivity (Wildman–Crippen MR) is 64.0 cm³/mol. The van der Waals surface area contributed by atoms with Crippen LogP contribution in [-0.2, 0) is 0 Å². The van der Waals surface area contributed by atoms with Crippen LogP contribution >= 0.6 is 24.0 Å². The van der Waals surface area contributed by atoms with E-state index in [1.807, 2.05) is 18.7 Å². The molecule has 0 N–H and O–H groups in total. The van der Waals surface area contributed by atoms with Crippen molar-refractivity contribution in [3.05, 3.63) is 0 Å². The number of rotatable bonds is 2. The molecule has 0 rings (SSSR count). The molecule has 0 unspecified atom stereocenters. The Balaban J connectivity index is 4.13. The summed E-state index contributed by atoms with van der Waals surface area (Å²) in [5, 5.41) is 0. The second kappa shape index (κ2) is 4.10. The third kappa shape index (κ3) is 7.11. The summed E-state index contributed by atoms with van der Waals surface area (Å²) in [6.45, 7) is 13.3. The molecular weight excluding hydrogens is 184 g/mol. The minimum absolute atomic E-state index is 0.282. The van der Waals surface area contributed by atoms with Gasteiger partial charge < -0.3 is 0 Å². The molecule has 0 amide bonds. The van der Waals surface area contributed by atoms with Gasteiger partial charge in [-0.15, -0.1) is 11.8 Å². The van der Waals surface area contributed by atoms with Gasteiger partial charge in [0.15, 0.2) is 0 Å². The maximum Gasteiger partial charge on any atom is 0.0452 e. The minimum Gasteiger partial charge on any atom is -0.113 e. The Morgan fingerprint density at radius 3 is 1.83 bits per heavy atom. The Bertz CT molecular complexity index is 163. The largest absolute Gasteiger partial charge is 0.113 e. The van der Waals surface area contributed by atoms with Crippen molar-refractivity contribution in [2.45, 2.75) is 52.7 Å². The summed E-state index contributed by atoms with van der Waals surface area (Å²) < 4.78 is 1.33. The summed E-state index contributed by atoms with van der Waals surface area (Å²) in [6, 6.07) is 0. The molecule has 0 radical (unpaired) electrons. The number of thiocarbonyl (C=S) groups is 1. The van der Waals surface area contributed by atoms with Gasteiger partial charge in [0, 0.05) is 8.94 Å². The van der Waals surface area contributed by atoms with E-state index in [1.54, 1.807) is 0 Å². The van der Waals surface area contributed by atoms with Gasteiger partial charge in [0.2, 0.25) is 0 Å². The van der Waals surface area contributed by atoms with E-state index in [9.17, 15) is 0 Å². The first-order valence-corrected chi connectivity index (χ1v) is 5.54. The summed E-state index contributed by atoms with van der Waals surface area (Å²) >= 11 is 6.91. The van der Waals surface area contributed by atoms with Crippen molar-refractivity contribution in [1.29, 1.82) is 0 Å². The highest BCUT2D eigenvalue weighted by atomic mass is 32.2. The zero-order valence-corrected chi connectivity index (χ0v) is 10.7. The third-order valence-corrected chi connectivity index (χ3v) is 2.61. The number of thioether (sulfide) groups is 1. The highest BCUT2D eigenvalue weighted by Crippen LogP contribution is 2.37. The fourth-order valence-corrected chi connectivity index (χ4v) is 3.66. The molecule has 0 saturated heterocycles. The average molecular weight is 204 g/mol. The van der Waals surface area contributed by atoms with Gasteiger partial charge in [-0.2, -0.15) is 0 Å². The van der Waals surface area contributed by atoms with Gasteiger partial charge >= 0.3 is 0 Å². The van der Waals surface area contributed by atoms with Crippen LogP contribution in [0.5, 0.6) is 0 Å². The Morgan fingerprint density at radius 2 is 1.58 bits per heavy atom. The maximum absolute atomic E-state index is 5.10. The summed E-state index contributed by atoms with van der Waals surface area (Å²) in [5.74, 6) is 0. The average Bonchev–Trinajstić information content (AvgIpc) is 1.48. The van der Waals surface area contributed by atoms with Crippen LogP contribution in [0.3, 0.4) is 0 Å². The fourth-order valence-electron chi connectivity index (χ4n) is 1.70. The lowest BCUT2D eigenvalue weighted by atomic mass is 9.86. The molecule has 0 bridgehead atoms. The van der Waals surface area contributed by atoms with E-state index in [-0.39, 0.29) is 4.75 Å². The van der Waals surface area contributed by atoms with Crippen molar-refractivity contribution in [2.75, 3.05) is 0 Å². The summed E-state index contributed by atoms with van der Waals surface area (Å²) in [7, 11) is 0. The van der Waals surface area contributed by atoms with Gasteiger partial charge in [0.05, 0.1) is 0 Å². The first kappa shape index (κ1) is 12.4. The van der Waals surface area contributed by atoms with E-state index < -0.39 is 0 Å². The molecule has 0 fully saturated rings. The Hall–Kier alpha value is 0.440. The smallest absolute Gasteiger partial charge is 0.0452 e. The quantitative estimate of drug-likeness (QED) is 0.616. The van der Waals surface area contributed by atoms with E-state index in [2.05, 4.69) is 34.6 Å². The Kier molecular flexibility index (Phi) is 4.25. The minimum atomic E-state index is 0.282. The molecule has 72 valence electrons. The normalized spacial score (nSPS) is 13.2. The topological polar surface area (TPSA) is 0 Å². The molecular formula is C10H20S2. The van der Waals surface area contributed by atoms with Crippen molar-refractivity contribution < 1.29 is 0 Å². The highest BCUT2D eigenvalue weighted by Gasteiger charge is 2.26. The molecule has 12 heavy (non-hydrogen) atoms. The second-order valence-corrected chi connectivity index (χ2v) is 7.88. The van der Waals surface area contributed by atoms with Crippen LogP contribution in [0.25, 0.3) is 0 Å². The van der Waals surface area contributed by atoms with E-state index in [1.165, 1.54) is 6.42 Å². The predicted octanol–water partition coefficient (Wildman–Crippen LogP) is 4.28. The van der Waals surface area contributed by atoms with Gasteiger partial charge in [0.25, 0.3) is 0 Å². The van der Waals surface area contributed by atoms with Crippen LogP contribution in [-0.4, -0.2) is 8.94 Å². The summed E-state index contributed by atoms with van der Waals surface area (Å²) in [6.07, 6.45) is 1.19. The van der Waals surface area contributed by atoms with Crippen molar-refractivity contribution in [2.24, 2.45) is 5.41 Å². The van der Waals surface area contributed by atoms with Crippen molar-refractivity contribution in [3.8, 4) is 0 Å². The summed E-state index contributed by atoms with van der Waals surface area (Å²) in [5.41, 5.74) is 0.390. The van der Waals surface area contributed by atoms with Gasteiger partial charge in [0.1, 0.15) is 0 Å².